The van der Waals surface area contributed by atoms with Crippen LogP contribution in [0.4, 0.5) is 0 Å². The van der Waals surface area contributed by atoms with E-state index in [0.717, 1.165) is 43.7 Å². The van der Waals surface area contributed by atoms with Gasteiger partial charge in [0.15, 0.2) is 0 Å². The first-order valence-electron chi connectivity index (χ1n) is 8.92. The molecule has 0 bridgehead atoms. The lowest BCUT2D eigenvalue weighted by Crippen LogP contribution is -2.28. The summed E-state index contributed by atoms with van der Waals surface area (Å²) in [6.07, 6.45) is 4.65. The van der Waals surface area contributed by atoms with E-state index in [-0.39, 0.29) is 23.7 Å². The van der Waals surface area contributed by atoms with Crippen LogP contribution in [0.15, 0.2) is 47.1 Å². The number of rotatable bonds is 5. The van der Waals surface area contributed by atoms with Gasteiger partial charge in [-0.05, 0) is 49.1 Å². The van der Waals surface area contributed by atoms with Crippen LogP contribution in [0.1, 0.15) is 46.9 Å². The Labute approximate surface area is 147 Å². The highest BCUT2D eigenvalue weighted by Crippen LogP contribution is 2.47. The molecule has 2 aliphatic rings. The molecule has 4 rings (SSSR count). The fraction of sp³-hybridized carbons (Fsp3) is 0.400. The van der Waals surface area contributed by atoms with E-state index in [4.69, 9.17) is 4.42 Å². The van der Waals surface area contributed by atoms with Gasteiger partial charge in [0.2, 0.25) is 5.91 Å². The molecule has 2 fully saturated rings. The highest BCUT2D eigenvalue weighted by molar-refractivity contribution is 5.94. The molecule has 2 atom stereocenters. The van der Waals surface area contributed by atoms with Crippen molar-refractivity contribution in [1.82, 2.24) is 10.2 Å². The Bertz CT molecular complexity index is 763. The van der Waals surface area contributed by atoms with Gasteiger partial charge in [-0.1, -0.05) is 12.1 Å². The van der Waals surface area contributed by atoms with E-state index < -0.39 is 0 Å². The maximum Gasteiger partial charge on any atom is 0.253 e. The molecule has 1 saturated heterocycles. The molecule has 1 aliphatic carbocycles. The van der Waals surface area contributed by atoms with E-state index in [1.807, 2.05) is 41.3 Å². The monoisotopic (exact) mass is 338 g/mol. The molecule has 1 aliphatic heterocycles. The summed E-state index contributed by atoms with van der Waals surface area (Å²) in [5.74, 6) is 1.24. The molecule has 2 amide bonds. The minimum absolute atomic E-state index is 0.000523. The molecule has 2 heterocycles. The largest absolute Gasteiger partial charge is 0.469 e. The second-order valence-electron chi connectivity index (χ2n) is 6.88. The number of furan rings is 1. The quantitative estimate of drug-likeness (QED) is 0.912. The van der Waals surface area contributed by atoms with Crippen LogP contribution in [-0.4, -0.2) is 29.8 Å². The summed E-state index contributed by atoms with van der Waals surface area (Å²) in [5, 5.41) is 2.98. The van der Waals surface area contributed by atoms with Crippen LogP contribution >= 0.6 is 0 Å². The Morgan fingerprint density at radius 1 is 1.16 bits per heavy atom. The molecule has 25 heavy (non-hydrogen) atoms. The average molecular weight is 338 g/mol. The molecule has 5 nitrogen and oxygen atoms in total. The van der Waals surface area contributed by atoms with Gasteiger partial charge in [-0.25, -0.2) is 0 Å². The summed E-state index contributed by atoms with van der Waals surface area (Å²) in [7, 11) is 0. The predicted molar refractivity (Wildman–Crippen MR) is 93.0 cm³/mol. The third-order valence-electron chi connectivity index (χ3n) is 5.07. The van der Waals surface area contributed by atoms with Crippen molar-refractivity contribution in [2.75, 3.05) is 13.1 Å². The molecule has 2 aromatic rings. The molecule has 1 saturated carbocycles. The number of benzene rings is 1. The number of carbonyl (C=O) groups excluding carboxylic acids is 2. The lowest BCUT2D eigenvalue weighted by atomic mass is 10.1. The molecule has 130 valence electrons. The minimum Gasteiger partial charge on any atom is -0.469 e. The average Bonchev–Trinajstić information content (AvgIpc) is 3.07. The Balaban J connectivity index is 1.33. The number of nitrogens with zero attached hydrogens (tertiary/aromatic N) is 1. The van der Waals surface area contributed by atoms with Gasteiger partial charge >= 0.3 is 0 Å². The Hall–Kier alpha value is -2.56. The van der Waals surface area contributed by atoms with Gasteiger partial charge < -0.3 is 14.6 Å². The lowest BCUT2D eigenvalue weighted by molar-refractivity contribution is -0.122. The lowest BCUT2D eigenvalue weighted by Gasteiger charge is -2.15. The Kier molecular flexibility index (Phi) is 4.30. The van der Waals surface area contributed by atoms with Crippen molar-refractivity contribution >= 4 is 11.8 Å². The molecule has 1 N–H and O–H groups in total. The van der Waals surface area contributed by atoms with Crippen molar-refractivity contribution < 1.29 is 14.0 Å². The van der Waals surface area contributed by atoms with Crippen molar-refractivity contribution in [2.45, 2.75) is 31.7 Å². The van der Waals surface area contributed by atoms with E-state index in [1.54, 1.807) is 6.26 Å². The van der Waals surface area contributed by atoms with Gasteiger partial charge in [-0.15, -0.1) is 0 Å². The van der Waals surface area contributed by atoms with Crippen molar-refractivity contribution in [3.8, 4) is 0 Å². The van der Waals surface area contributed by atoms with Gasteiger partial charge in [0, 0.05) is 37.0 Å². The summed E-state index contributed by atoms with van der Waals surface area (Å²) in [6, 6.07) is 11.3. The fourth-order valence-electron chi connectivity index (χ4n) is 3.54. The number of likely N-dealkylation sites (tertiary alicyclic amines) is 1. The van der Waals surface area contributed by atoms with Crippen LogP contribution in [0.5, 0.6) is 0 Å². The van der Waals surface area contributed by atoms with Gasteiger partial charge in [0.25, 0.3) is 5.91 Å². The van der Waals surface area contributed by atoms with Gasteiger partial charge in [0.05, 0.1) is 6.26 Å². The molecule has 5 heteroatoms. The Morgan fingerprint density at radius 3 is 2.76 bits per heavy atom. The predicted octanol–water partition coefficient (Wildman–Crippen LogP) is 2.94. The first kappa shape index (κ1) is 15.9. The molecule has 0 unspecified atom stereocenters. The summed E-state index contributed by atoms with van der Waals surface area (Å²) in [4.78, 5) is 26.6. The van der Waals surface area contributed by atoms with E-state index in [9.17, 15) is 9.59 Å². The first-order valence-corrected chi connectivity index (χ1v) is 8.92. The van der Waals surface area contributed by atoms with E-state index >= 15 is 0 Å². The summed E-state index contributed by atoms with van der Waals surface area (Å²) < 4.78 is 5.37. The number of amides is 2. The van der Waals surface area contributed by atoms with E-state index in [1.165, 1.54) is 0 Å². The number of nitrogens with one attached hydrogen (secondary N) is 1. The first-order chi connectivity index (χ1) is 12.2. The maximum absolute atomic E-state index is 12.5. The van der Waals surface area contributed by atoms with Crippen LogP contribution < -0.4 is 5.32 Å². The highest BCUT2D eigenvalue weighted by Gasteiger charge is 2.45. The van der Waals surface area contributed by atoms with E-state index in [2.05, 4.69) is 5.32 Å². The van der Waals surface area contributed by atoms with Crippen molar-refractivity contribution in [1.29, 1.82) is 0 Å². The molecule has 0 radical (unpaired) electrons. The topological polar surface area (TPSA) is 62.6 Å². The molecule has 1 aromatic carbocycles. The minimum atomic E-state index is 0.000523. The number of hydrogen-bond donors (Lipinski definition) is 1. The number of hydrogen-bond acceptors (Lipinski definition) is 3. The standard InChI is InChI=1S/C20H22N2O3/c23-19(17-12-16(17)18-7-4-10-25-18)21-13-14-5-3-6-15(11-14)20(24)22-8-1-2-9-22/h3-7,10-11,16-17H,1-2,8-9,12-13H2,(H,21,23)/t16-,17+/m1/s1. The zero-order valence-corrected chi connectivity index (χ0v) is 14.1. The molecular formula is C20H22N2O3. The third-order valence-corrected chi connectivity index (χ3v) is 5.07. The highest BCUT2D eigenvalue weighted by atomic mass is 16.3. The molecular weight excluding hydrogens is 316 g/mol. The third kappa shape index (κ3) is 3.45. The van der Waals surface area contributed by atoms with E-state index in [0.29, 0.717) is 12.1 Å². The second-order valence-corrected chi connectivity index (χ2v) is 6.88. The molecule has 0 spiro atoms. The van der Waals surface area contributed by atoms with Crippen molar-refractivity contribution in [3.05, 3.63) is 59.5 Å². The van der Waals surface area contributed by atoms with Gasteiger partial charge in [-0.3, -0.25) is 9.59 Å². The number of carbonyl (C=O) groups is 2. The fourth-order valence-corrected chi connectivity index (χ4v) is 3.54. The van der Waals surface area contributed by atoms with Crippen molar-refractivity contribution in [2.24, 2.45) is 5.92 Å². The second kappa shape index (κ2) is 6.75. The zero-order valence-electron chi connectivity index (χ0n) is 14.1. The van der Waals surface area contributed by atoms with Crippen LogP contribution in [0, 0.1) is 5.92 Å². The normalized spacial score (nSPS) is 22.0. The van der Waals surface area contributed by atoms with Crippen LogP contribution in [0.2, 0.25) is 0 Å². The van der Waals surface area contributed by atoms with Gasteiger partial charge in [0.1, 0.15) is 5.76 Å². The smallest absolute Gasteiger partial charge is 0.253 e. The zero-order chi connectivity index (χ0) is 17.2. The van der Waals surface area contributed by atoms with Gasteiger partial charge in [-0.2, -0.15) is 0 Å². The SMILES string of the molecule is O=C(NCc1cccc(C(=O)N2CCCC2)c1)[C@H]1C[C@H]1c1ccco1. The van der Waals surface area contributed by atoms with Crippen LogP contribution in [0.3, 0.4) is 0 Å². The maximum atomic E-state index is 12.5. The van der Waals surface area contributed by atoms with Crippen molar-refractivity contribution in [3.63, 3.8) is 0 Å². The molecule has 1 aromatic heterocycles. The summed E-state index contributed by atoms with van der Waals surface area (Å²) >= 11 is 0. The Morgan fingerprint density at radius 2 is 2.00 bits per heavy atom. The summed E-state index contributed by atoms with van der Waals surface area (Å²) in [5.41, 5.74) is 1.65. The summed E-state index contributed by atoms with van der Waals surface area (Å²) in [6.45, 7) is 2.13. The van der Waals surface area contributed by atoms with Crippen LogP contribution in [-0.2, 0) is 11.3 Å². The van der Waals surface area contributed by atoms with Crippen LogP contribution in [0.25, 0.3) is 0 Å².